The fraction of sp³-hybridized carbons (Fsp3) is 0.400. The van der Waals surface area contributed by atoms with Crippen LogP contribution in [0.3, 0.4) is 0 Å². The van der Waals surface area contributed by atoms with E-state index in [0.717, 1.165) is 11.3 Å². The quantitative estimate of drug-likeness (QED) is 0.792. The summed E-state index contributed by atoms with van der Waals surface area (Å²) in [6, 6.07) is 8.22. The zero-order chi connectivity index (χ0) is 13.1. The van der Waals surface area contributed by atoms with Crippen LogP contribution in [-0.4, -0.2) is 16.4 Å². The first-order chi connectivity index (χ1) is 7.84. The van der Waals surface area contributed by atoms with E-state index >= 15 is 0 Å². The fourth-order valence-corrected chi connectivity index (χ4v) is 1.34. The van der Waals surface area contributed by atoms with Crippen molar-refractivity contribution in [3.8, 4) is 0 Å². The number of aryl methyl sites for hydroxylation is 1. The summed E-state index contributed by atoms with van der Waals surface area (Å²) >= 11 is 0. The van der Waals surface area contributed by atoms with E-state index in [4.69, 9.17) is 0 Å². The minimum absolute atomic E-state index is 0.714. The zero-order valence-electron chi connectivity index (χ0n) is 11.3. The number of aliphatic imine (C=N–C) groups is 1. The molecule has 0 atom stereocenters. The van der Waals surface area contributed by atoms with Gasteiger partial charge in [-0.3, -0.25) is 4.99 Å². The number of benzene rings is 1. The Morgan fingerprint density at radius 2 is 1.76 bits per heavy atom. The average molecular weight is 231 g/mol. The molecule has 0 aliphatic carbocycles. The van der Waals surface area contributed by atoms with Crippen molar-refractivity contribution in [2.75, 3.05) is 0 Å². The molecule has 0 aromatic heterocycles. The molecule has 92 valence electrons. The van der Waals surface area contributed by atoms with E-state index in [-0.39, 0.29) is 0 Å². The van der Waals surface area contributed by atoms with Gasteiger partial charge in [0.25, 0.3) is 0 Å². The van der Waals surface area contributed by atoms with Crippen molar-refractivity contribution in [2.45, 2.75) is 40.2 Å². The molecule has 0 fully saturated rings. The van der Waals surface area contributed by atoms with Gasteiger partial charge < -0.3 is 5.11 Å². The summed E-state index contributed by atoms with van der Waals surface area (Å²) in [5.41, 5.74) is 3.03. The van der Waals surface area contributed by atoms with Gasteiger partial charge in [0.2, 0.25) is 0 Å². The molecule has 0 saturated heterocycles. The Balaban J connectivity index is 3.07. The summed E-state index contributed by atoms with van der Waals surface area (Å²) < 4.78 is 0. The van der Waals surface area contributed by atoms with Crippen LogP contribution in [-0.2, 0) is 0 Å². The van der Waals surface area contributed by atoms with Gasteiger partial charge in [-0.1, -0.05) is 35.9 Å². The summed E-state index contributed by atoms with van der Waals surface area (Å²) in [6.07, 6.45) is 1.96. The SMILES string of the molecule is C/C=C(\N=C(C)C(C)(C)O)c1ccc(C)cc1. The van der Waals surface area contributed by atoms with Crippen molar-refractivity contribution in [2.24, 2.45) is 4.99 Å². The van der Waals surface area contributed by atoms with Gasteiger partial charge in [0.15, 0.2) is 0 Å². The topological polar surface area (TPSA) is 32.6 Å². The maximum Gasteiger partial charge on any atom is 0.0968 e. The van der Waals surface area contributed by atoms with E-state index in [0.29, 0.717) is 5.71 Å². The molecule has 0 saturated carbocycles. The van der Waals surface area contributed by atoms with Crippen LogP contribution < -0.4 is 0 Å². The van der Waals surface area contributed by atoms with Crippen LogP contribution >= 0.6 is 0 Å². The lowest BCUT2D eigenvalue weighted by atomic mass is 10.0. The average Bonchev–Trinajstić information content (AvgIpc) is 2.25. The number of hydrogen-bond donors (Lipinski definition) is 1. The van der Waals surface area contributed by atoms with Crippen molar-refractivity contribution < 1.29 is 5.11 Å². The molecule has 1 rings (SSSR count). The highest BCUT2D eigenvalue weighted by Crippen LogP contribution is 2.18. The van der Waals surface area contributed by atoms with Gasteiger partial charge in [-0.05, 0) is 40.2 Å². The lowest BCUT2D eigenvalue weighted by Crippen LogP contribution is -2.28. The Hall–Kier alpha value is -1.41. The number of rotatable bonds is 3. The summed E-state index contributed by atoms with van der Waals surface area (Å²) in [5.74, 6) is 0. The minimum Gasteiger partial charge on any atom is -0.385 e. The summed E-state index contributed by atoms with van der Waals surface area (Å²) in [4.78, 5) is 4.49. The van der Waals surface area contributed by atoms with Gasteiger partial charge in [0.1, 0.15) is 0 Å². The van der Waals surface area contributed by atoms with Crippen LogP contribution in [0.1, 0.15) is 38.8 Å². The van der Waals surface area contributed by atoms with Gasteiger partial charge in [0.05, 0.1) is 11.3 Å². The molecule has 0 amide bonds. The standard InChI is InChI=1S/C15H21NO/c1-6-14(16-12(3)15(4,5)17)13-9-7-11(2)8-10-13/h6-10,17H,1-5H3/b14-6-,16-12?. The summed E-state index contributed by atoms with van der Waals surface area (Å²) in [7, 11) is 0. The summed E-state index contributed by atoms with van der Waals surface area (Å²) in [6.45, 7) is 9.35. The zero-order valence-corrected chi connectivity index (χ0v) is 11.3. The lowest BCUT2D eigenvalue weighted by molar-refractivity contribution is 0.153. The maximum atomic E-state index is 9.86. The molecule has 2 nitrogen and oxygen atoms in total. The van der Waals surface area contributed by atoms with Gasteiger partial charge in [-0.2, -0.15) is 0 Å². The Morgan fingerprint density at radius 3 is 2.18 bits per heavy atom. The first-order valence-corrected chi connectivity index (χ1v) is 5.86. The molecule has 1 aromatic carbocycles. The van der Waals surface area contributed by atoms with E-state index in [1.807, 2.05) is 32.1 Å². The highest BCUT2D eigenvalue weighted by molar-refractivity contribution is 5.93. The lowest BCUT2D eigenvalue weighted by Gasteiger charge is -2.17. The van der Waals surface area contributed by atoms with E-state index in [1.54, 1.807) is 13.8 Å². The molecule has 0 unspecified atom stereocenters. The summed E-state index contributed by atoms with van der Waals surface area (Å²) in [5, 5.41) is 9.86. The molecule has 0 bridgehead atoms. The van der Waals surface area contributed by atoms with Crippen LogP contribution in [0, 0.1) is 6.92 Å². The molecule has 0 spiro atoms. The first-order valence-electron chi connectivity index (χ1n) is 5.86. The fourth-order valence-electron chi connectivity index (χ4n) is 1.34. The Kier molecular flexibility index (Phi) is 4.24. The second-order valence-corrected chi connectivity index (χ2v) is 4.80. The molecule has 1 N–H and O–H groups in total. The Morgan fingerprint density at radius 1 is 1.24 bits per heavy atom. The van der Waals surface area contributed by atoms with E-state index in [9.17, 15) is 5.11 Å². The van der Waals surface area contributed by atoms with Gasteiger partial charge in [0, 0.05) is 5.71 Å². The van der Waals surface area contributed by atoms with Gasteiger partial charge in [-0.25, -0.2) is 0 Å². The normalized spacial score (nSPS) is 14.0. The van der Waals surface area contributed by atoms with Gasteiger partial charge >= 0.3 is 0 Å². The van der Waals surface area contributed by atoms with Crippen LogP contribution in [0.2, 0.25) is 0 Å². The Labute approximate surface area is 104 Å². The smallest absolute Gasteiger partial charge is 0.0968 e. The molecule has 0 heterocycles. The predicted molar refractivity (Wildman–Crippen MR) is 74.2 cm³/mol. The van der Waals surface area contributed by atoms with Crippen molar-refractivity contribution in [3.63, 3.8) is 0 Å². The second kappa shape index (κ2) is 5.28. The van der Waals surface area contributed by atoms with Crippen molar-refractivity contribution in [3.05, 3.63) is 41.5 Å². The molecular weight excluding hydrogens is 210 g/mol. The number of hydrogen-bond acceptors (Lipinski definition) is 2. The molecule has 1 aromatic rings. The molecular formula is C15H21NO. The van der Waals surface area contributed by atoms with Crippen molar-refractivity contribution in [1.29, 1.82) is 0 Å². The third-order valence-electron chi connectivity index (χ3n) is 2.79. The van der Waals surface area contributed by atoms with E-state index in [2.05, 4.69) is 24.0 Å². The van der Waals surface area contributed by atoms with Crippen LogP contribution in [0.25, 0.3) is 5.70 Å². The van der Waals surface area contributed by atoms with Gasteiger partial charge in [-0.15, -0.1) is 0 Å². The Bertz CT molecular complexity index is 433. The molecule has 17 heavy (non-hydrogen) atoms. The molecule has 0 radical (unpaired) electrons. The number of allylic oxidation sites excluding steroid dienone is 1. The first kappa shape index (κ1) is 13.7. The van der Waals surface area contributed by atoms with Crippen LogP contribution in [0.5, 0.6) is 0 Å². The van der Waals surface area contributed by atoms with Crippen molar-refractivity contribution in [1.82, 2.24) is 0 Å². The highest BCUT2D eigenvalue weighted by atomic mass is 16.3. The number of nitrogens with zero attached hydrogens (tertiary/aromatic N) is 1. The predicted octanol–water partition coefficient (Wildman–Crippen LogP) is 3.59. The molecule has 0 aliphatic heterocycles. The molecule has 0 aliphatic rings. The third-order valence-corrected chi connectivity index (χ3v) is 2.79. The molecule has 2 heteroatoms. The number of aliphatic hydroxyl groups is 1. The van der Waals surface area contributed by atoms with Crippen LogP contribution in [0.4, 0.5) is 0 Å². The maximum absolute atomic E-state index is 9.86. The van der Waals surface area contributed by atoms with E-state index in [1.165, 1.54) is 5.56 Å². The highest BCUT2D eigenvalue weighted by Gasteiger charge is 2.17. The van der Waals surface area contributed by atoms with E-state index < -0.39 is 5.60 Å². The second-order valence-electron chi connectivity index (χ2n) is 4.80. The monoisotopic (exact) mass is 231 g/mol. The third kappa shape index (κ3) is 3.82. The van der Waals surface area contributed by atoms with Crippen molar-refractivity contribution >= 4 is 11.4 Å². The largest absolute Gasteiger partial charge is 0.385 e. The minimum atomic E-state index is -0.876. The van der Waals surface area contributed by atoms with Crippen LogP contribution in [0.15, 0.2) is 35.3 Å².